The lowest BCUT2D eigenvalue weighted by molar-refractivity contribution is 0.413. The Balaban J connectivity index is 2.58. The molecule has 0 saturated heterocycles. The van der Waals surface area contributed by atoms with Crippen LogP contribution in [-0.2, 0) is 0 Å². The lowest BCUT2D eigenvalue weighted by atomic mass is 10.1. The van der Waals surface area contributed by atoms with Gasteiger partial charge in [-0.3, -0.25) is 0 Å². The van der Waals surface area contributed by atoms with Gasteiger partial charge in [-0.05, 0) is 6.07 Å². The summed E-state index contributed by atoms with van der Waals surface area (Å²) < 4.78 is 17.6. The maximum Gasteiger partial charge on any atom is 0.172 e. The van der Waals surface area contributed by atoms with Crippen LogP contribution in [0.1, 0.15) is 0 Å². The third-order valence-corrected chi connectivity index (χ3v) is 1.86. The van der Waals surface area contributed by atoms with Crippen molar-refractivity contribution in [2.45, 2.75) is 0 Å². The zero-order valence-electron chi connectivity index (χ0n) is 7.44. The molecule has 0 radical (unpaired) electrons. The van der Waals surface area contributed by atoms with Gasteiger partial charge < -0.3 is 20.5 Å². The van der Waals surface area contributed by atoms with Crippen LogP contribution in [0.3, 0.4) is 0 Å². The van der Waals surface area contributed by atoms with E-state index in [4.69, 9.17) is 15.4 Å². The number of hydrogen-bond acceptors (Lipinski definition) is 5. The van der Waals surface area contributed by atoms with Gasteiger partial charge in [0, 0.05) is 12.1 Å². The maximum absolute atomic E-state index is 12.8. The lowest BCUT2D eigenvalue weighted by Crippen LogP contribution is -1.81. The van der Waals surface area contributed by atoms with Crippen LogP contribution >= 0.6 is 0 Å². The summed E-state index contributed by atoms with van der Waals surface area (Å²) in [5.74, 6) is -1.57. The van der Waals surface area contributed by atoms with Crippen LogP contribution in [0.15, 0.2) is 22.7 Å². The minimum Gasteiger partial charge on any atom is -0.507 e. The molecule has 78 valence electrons. The minimum absolute atomic E-state index is 0.123. The highest BCUT2D eigenvalue weighted by molar-refractivity contribution is 5.68. The van der Waals surface area contributed by atoms with Crippen molar-refractivity contribution in [2.24, 2.45) is 0 Å². The Morgan fingerprint density at radius 3 is 2.53 bits per heavy atom. The molecule has 6 heteroatoms. The van der Waals surface area contributed by atoms with Crippen LogP contribution in [0.2, 0.25) is 0 Å². The van der Waals surface area contributed by atoms with E-state index in [1.54, 1.807) is 0 Å². The SMILES string of the molecule is Nc1cc(-c2cc(O)c(F)cc2O)on1. The molecule has 5 nitrogen and oxygen atoms in total. The van der Waals surface area contributed by atoms with E-state index in [9.17, 15) is 9.50 Å². The molecule has 0 bridgehead atoms. The van der Waals surface area contributed by atoms with Crippen molar-refractivity contribution in [2.75, 3.05) is 5.73 Å². The van der Waals surface area contributed by atoms with E-state index in [1.807, 2.05) is 0 Å². The quantitative estimate of drug-likeness (QED) is 0.620. The fourth-order valence-electron chi connectivity index (χ4n) is 1.16. The van der Waals surface area contributed by atoms with Crippen LogP contribution in [0.25, 0.3) is 11.3 Å². The standard InChI is InChI=1S/C9H7FN2O3/c10-5-2-6(13)4(1-7(5)14)8-3-9(11)12-15-8/h1-3,13-14H,(H2,11,12). The molecule has 1 aromatic heterocycles. The largest absolute Gasteiger partial charge is 0.507 e. The monoisotopic (exact) mass is 210 g/mol. The molecule has 0 spiro atoms. The van der Waals surface area contributed by atoms with Gasteiger partial charge in [0.15, 0.2) is 23.1 Å². The number of rotatable bonds is 1. The molecule has 2 rings (SSSR count). The van der Waals surface area contributed by atoms with Crippen molar-refractivity contribution in [3.05, 3.63) is 24.0 Å². The third-order valence-electron chi connectivity index (χ3n) is 1.86. The Morgan fingerprint density at radius 1 is 1.20 bits per heavy atom. The molecular formula is C9H7FN2O3. The van der Waals surface area contributed by atoms with Gasteiger partial charge in [0.05, 0.1) is 5.56 Å². The van der Waals surface area contributed by atoms with Crippen molar-refractivity contribution in [3.63, 3.8) is 0 Å². The van der Waals surface area contributed by atoms with Crippen LogP contribution in [0.5, 0.6) is 11.5 Å². The van der Waals surface area contributed by atoms with Crippen LogP contribution < -0.4 is 5.73 Å². The number of aromatic nitrogens is 1. The van der Waals surface area contributed by atoms with Crippen molar-refractivity contribution >= 4 is 5.82 Å². The molecule has 15 heavy (non-hydrogen) atoms. The molecule has 4 N–H and O–H groups in total. The number of anilines is 1. The number of nitrogens with zero attached hydrogens (tertiary/aromatic N) is 1. The number of benzene rings is 1. The summed E-state index contributed by atoms with van der Waals surface area (Å²) in [4.78, 5) is 0. The summed E-state index contributed by atoms with van der Waals surface area (Å²) >= 11 is 0. The average molecular weight is 210 g/mol. The van der Waals surface area contributed by atoms with Crippen molar-refractivity contribution in [1.82, 2.24) is 5.16 Å². The molecule has 0 aliphatic heterocycles. The van der Waals surface area contributed by atoms with Gasteiger partial charge in [-0.15, -0.1) is 0 Å². The lowest BCUT2D eigenvalue weighted by Gasteiger charge is -2.01. The highest BCUT2D eigenvalue weighted by Crippen LogP contribution is 2.34. The fourth-order valence-corrected chi connectivity index (χ4v) is 1.16. The summed E-state index contributed by atoms with van der Waals surface area (Å²) in [7, 11) is 0. The molecule has 0 aliphatic rings. The first-order valence-electron chi connectivity index (χ1n) is 4.02. The van der Waals surface area contributed by atoms with Crippen molar-refractivity contribution < 1.29 is 19.1 Å². The van der Waals surface area contributed by atoms with E-state index in [-0.39, 0.29) is 22.9 Å². The van der Waals surface area contributed by atoms with Crippen LogP contribution in [0.4, 0.5) is 10.2 Å². The molecule has 0 amide bonds. The number of aromatic hydroxyl groups is 2. The van der Waals surface area contributed by atoms with Gasteiger partial charge in [0.25, 0.3) is 0 Å². The molecule has 1 heterocycles. The molecule has 0 saturated carbocycles. The highest BCUT2D eigenvalue weighted by Gasteiger charge is 2.13. The molecule has 1 aromatic carbocycles. The zero-order chi connectivity index (χ0) is 11.0. The van der Waals surface area contributed by atoms with E-state index in [0.717, 1.165) is 12.1 Å². The van der Waals surface area contributed by atoms with Crippen molar-refractivity contribution in [1.29, 1.82) is 0 Å². The second-order valence-corrected chi connectivity index (χ2v) is 2.94. The second-order valence-electron chi connectivity index (χ2n) is 2.94. The smallest absolute Gasteiger partial charge is 0.172 e. The summed E-state index contributed by atoms with van der Waals surface area (Å²) in [6, 6.07) is 3.17. The molecular weight excluding hydrogens is 203 g/mol. The van der Waals surface area contributed by atoms with E-state index >= 15 is 0 Å². The topological polar surface area (TPSA) is 92.5 Å². The summed E-state index contributed by atoms with van der Waals surface area (Å²) in [5.41, 5.74) is 5.43. The zero-order valence-corrected chi connectivity index (χ0v) is 7.44. The fraction of sp³-hybridized carbons (Fsp3) is 0. The van der Waals surface area contributed by atoms with Gasteiger partial charge in [0.1, 0.15) is 5.75 Å². The first kappa shape index (κ1) is 9.32. The Bertz CT molecular complexity index is 510. The Kier molecular flexibility index (Phi) is 1.96. The van der Waals surface area contributed by atoms with Crippen LogP contribution in [0, 0.1) is 5.82 Å². The number of nitrogen functional groups attached to an aromatic ring is 1. The molecule has 0 unspecified atom stereocenters. The maximum atomic E-state index is 12.8. The normalized spacial score (nSPS) is 10.5. The highest BCUT2D eigenvalue weighted by atomic mass is 19.1. The molecule has 2 aromatic rings. The average Bonchev–Trinajstić information content (AvgIpc) is 2.58. The number of phenols is 2. The van der Waals surface area contributed by atoms with Gasteiger partial charge in [-0.2, -0.15) is 0 Å². The van der Waals surface area contributed by atoms with E-state index in [1.165, 1.54) is 6.07 Å². The number of halogens is 1. The van der Waals surface area contributed by atoms with E-state index < -0.39 is 11.6 Å². The summed E-state index contributed by atoms with van der Waals surface area (Å²) in [6.45, 7) is 0. The molecule has 0 fully saturated rings. The number of hydrogen-bond donors (Lipinski definition) is 3. The molecule has 0 atom stereocenters. The Morgan fingerprint density at radius 2 is 1.93 bits per heavy atom. The van der Waals surface area contributed by atoms with Crippen LogP contribution in [-0.4, -0.2) is 15.4 Å². The van der Waals surface area contributed by atoms with Gasteiger partial charge >= 0.3 is 0 Å². The minimum atomic E-state index is -0.913. The number of phenolic OH excluding ortho intramolecular Hbond substituents is 2. The summed E-state index contributed by atoms with van der Waals surface area (Å²) in [6.07, 6.45) is 0. The van der Waals surface area contributed by atoms with E-state index in [0.29, 0.717) is 0 Å². The first-order chi connectivity index (χ1) is 7.08. The Hall–Kier alpha value is -2.24. The predicted octanol–water partition coefficient (Wildman–Crippen LogP) is 1.47. The molecule has 0 aliphatic carbocycles. The number of nitrogens with two attached hydrogens (primary N) is 1. The first-order valence-corrected chi connectivity index (χ1v) is 4.02. The third kappa shape index (κ3) is 1.56. The van der Waals surface area contributed by atoms with Gasteiger partial charge in [-0.25, -0.2) is 4.39 Å². The summed E-state index contributed by atoms with van der Waals surface area (Å²) in [5, 5.41) is 21.9. The predicted molar refractivity (Wildman–Crippen MR) is 49.6 cm³/mol. The Labute approximate surface area is 83.5 Å². The van der Waals surface area contributed by atoms with Gasteiger partial charge in [0.2, 0.25) is 0 Å². The van der Waals surface area contributed by atoms with Crippen molar-refractivity contribution in [3.8, 4) is 22.8 Å². The van der Waals surface area contributed by atoms with Gasteiger partial charge in [-0.1, -0.05) is 5.16 Å². The second kappa shape index (κ2) is 3.16. The van der Waals surface area contributed by atoms with E-state index in [2.05, 4.69) is 5.16 Å².